The number of rotatable bonds is 5. The number of aromatic nitrogens is 5. The summed E-state index contributed by atoms with van der Waals surface area (Å²) in [6.07, 6.45) is 0. The molecular weight excluding hydrogens is 504 g/mol. The molecule has 0 atom stereocenters. The smallest absolute Gasteiger partial charge is 0.305 e. The summed E-state index contributed by atoms with van der Waals surface area (Å²) in [6, 6.07) is 0. The van der Waals surface area contributed by atoms with E-state index in [-0.39, 0.29) is 10.4 Å². The summed E-state index contributed by atoms with van der Waals surface area (Å²) in [4.78, 5) is 54.0. The minimum Gasteiger partial charge on any atom is -0.503 e. The summed E-state index contributed by atoms with van der Waals surface area (Å²) in [6.45, 7) is 0. The van der Waals surface area contributed by atoms with Gasteiger partial charge in [-0.1, -0.05) is 0 Å². The summed E-state index contributed by atoms with van der Waals surface area (Å²) in [7, 11) is 1.30. The maximum absolute atomic E-state index is 12.6. The highest BCUT2D eigenvalue weighted by Gasteiger charge is 2.29. The van der Waals surface area contributed by atoms with Crippen LogP contribution in [0, 0.1) is 0 Å². The van der Waals surface area contributed by atoms with Crippen molar-refractivity contribution in [2.75, 3.05) is 17.7 Å². The molecule has 0 saturated carbocycles. The number of amides is 1. The van der Waals surface area contributed by atoms with E-state index in [9.17, 15) is 54.9 Å². The normalized spacial score (nSPS) is 11.1. The van der Waals surface area contributed by atoms with Crippen LogP contribution in [0.4, 0.5) is 17.3 Å². The Morgan fingerprint density at radius 2 is 1.54 bits per heavy atom. The van der Waals surface area contributed by atoms with Gasteiger partial charge in [-0.25, -0.2) is 14.1 Å². The Morgan fingerprint density at radius 3 is 2.14 bits per heavy atom. The third kappa shape index (κ3) is 3.33. The molecule has 0 radical (unpaired) electrons. The summed E-state index contributed by atoms with van der Waals surface area (Å²) in [5.41, 5.74) is -0.816. The molecule has 4 heterocycles. The van der Waals surface area contributed by atoms with Crippen molar-refractivity contribution in [1.29, 1.82) is 0 Å². The van der Waals surface area contributed by atoms with Crippen LogP contribution in [0.5, 0.6) is 40.4 Å². The van der Waals surface area contributed by atoms with Gasteiger partial charge in [-0.05, 0) is 0 Å². The number of hydrogen-bond donors (Lipinski definition) is 12. The van der Waals surface area contributed by atoms with Crippen LogP contribution in [0.2, 0.25) is 0 Å². The van der Waals surface area contributed by atoms with Crippen molar-refractivity contribution in [3.8, 4) is 46.2 Å². The molecule has 0 bridgehead atoms. The zero-order valence-electron chi connectivity index (χ0n) is 18.2. The minimum atomic E-state index is -1.62. The van der Waals surface area contributed by atoms with Crippen LogP contribution < -0.4 is 33.0 Å². The van der Waals surface area contributed by atoms with Gasteiger partial charge in [-0.2, -0.15) is 0 Å². The summed E-state index contributed by atoms with van der Waals surface area (Å²) in [5.74, 6) is -12.1. The predicted octanol–water partition coefficient (Wildman–Crippen LogP) is -2.31. The number of fused-ring (bicyclic) bond motifs is 1. The van der Waals surface area contributed by atoms with Crippen LogP contribution in [0.25, 0.3) is 11.5 Å². The van der Waals surface area contributed by atoms with Crippen molar-refractivity contribution in [2.45, 2.75) is 0 Å². The molecule has 0 aromatic carbocycles. The third-order valence-corrected chi connectivity index (χ3v) is 5.14. The molecule has 0 aliphatic rings. The fourth-order valence-electron chi connectivity index (χ4n) is 3.41. The van der Waals surface area contributed by atoms with Crippen molar-refractivity contribution in [3.05, 3.63) is 36.6 Å². The average Bonchev–Trinajstić information content (AvgIpc) is 3.18. The van der Waals surface area contributed by atoms with Crippen LogP contribution in [0.15, 0.2) is 14.4 Å². The van der Waals surface area contributed by atoms with E-state index in [1.54, 1.807) is 4.98 Å². The lowest BCUT2D eigenvalue weighted by atomic mass is 10.2. The van der Waals surface area contributed by atoms with Crippen LogP contribution in [-0.4, -0.2) is 72.8 Å². The number of aromatic amines is 2. The number of primary amides is 1. The van der Waals surface area contributed by atoms with Crippen molar-refractivity contribution in [3.63, 3.8) is 0 Å². The molecular formula is C18H16N8O11. The van der Waals surface area contributed by atoms with Gasteiger partial charge in [0.2, 0.25) is 34.6 Å². The fraction of sp³-hybridized carbons (Fsp3) is 0.0556. The fourth-order valence-corrected chi connectivity index (χ4v) is 3.41. The maximum atomic E-state index is 12.6. The molecule has 4 aromatic heterocycles. The summed E-state index contributed by atoms with van der Waals surface area (Å²) < 4.78 is 0.889. The molecule has 19 nitrogen and oxygen atoms in total. The van der Waals surface area contributed by atoms with Gasteiger partial charge in [0.15, 0.2) is 34.4 Å². The molecule has 19 heteroatoms. The zero-order chi connectivity index (χ0) is 27.5. The van der Waals surface area contributed by atoms with Gasteiger partial charge in [0.25, 0.3) is 17.0 Å². The first-order chi connectivity index (χ1) is 17.3. The van der Waals surface area contributed by atoms with E-state index >= 15 is 0 Å². The molecule has 0 aliphatic heterocycles. The van der Waals surface area contributed by atoms with E-state index in [4.69, 9.17) is 5.73 Å². The molecule has 0 spiro atoms. The SMILES string of the molecule is CNc1c(O)c(Nc2c(O)c(O)c(=O)n(-c3[nH]c(=O)c(O)c(O)c3O)c2O)nc2c(C(N)=O)c(=O)[nH]n12. The largest absolute Gasteiger partial charge is 0.503 e. The molecule has 4 rings (SSSR count). The van der Waals surface area contributed by atoms with Crippen molar-refractivity contribution < 1.29 is 40.5 Å². The quantitative estimate of drug-likeness (QED) is 0.131. The number of anilines is 3. The highest BCUT2D eigenvalue weighted by Crippen LogP contribution is 2.44. The standard InChI is InChI=1S/C18H16N8O11/c1-20-13-9(32)11(22-12-2(10(19)33)15(34)24-26(12)13)21-3-4(27)8(31)18(37)25(17(3)36)14-6(29)5(28)7(30)16(35)23-14/h20,27,29-32,36H,1H3,(H2,19,33)(H,21,22)(H,24,34)(H2,23,28,35). The average molecular weight is 520 g/mol. The van der Waals surface area contributed by atoms with Crippen molar-refractivity contribution in [2.24, 2.45) is 5.73 Å². The lowest BCUT2D eigenvalue weighted by molar-refractivity contribution is 0.100. The van der Waals surface area contributed by atoms with Gasteiger partial charge in [-0.15, -0.1) is 0 Å². The van der Waals surface area contributed by atoms with Crippen molar-refractivity contribution >= 4 is 28.9 Å². The number of nitrogens with one attached hydrogen (secondary N) is 4. The van der Waals surface area contributed by atoms with E-state index in [1.165, 1.54) is 7.05 Å². The molecule has 13 N–H and O–H groups in total. The predicted molar refractivity (Wildman–Crippen MR) is 121 cm³/mol. The van der Waals surface area contributed by atoms with Gasteiger partial charge >= 0.3 is 5.56 Å². The van der Waals surface area contributed by atoms with Gasteiger partial charge in [0, 0.05) is 7.05 Å². The number of carbonyl (C=O) groups is 1. The number of H-pyrrole nitrogens is 2. The van der Waals surface area contributed by atoms with Crippen molar-refractivity contribution in [1.82, 2.24) is 24.1 Å². The molecule has 0 saturated heterocycles. The zero-order valence-corrected chi connectivity index (χ0v) is 18.2. The molecule has 0 unspecified atom stereocenters. The van der Waals surface area contributed by atoms with E-state index in [0.717, 1.165) is 4.52 Å². The Kier molecular flexibility index (Phi) is 5.24. The molecule has 37 heavy (non-hydrogen) atoms. The summed E-state index contributed by atoms with van der Waals surface area (Å²) in [5, 5.41) is 78.1. The van der Waals surface area contributed by atoms with E-state index in [2.05, 4.69) is 20.7 Å². The second-order valence-corrected chi connectivity index (χ2v) is 7.26. The highest BCUT2D eigenvalue weighted by molar-refractivity contribution is 5.99. The Hall–Kier alpha value is -6.01. The molecule has 4 aromatic rings. The molecule has 0 fully saturated rings. The Balaban J connectivity index is 2.04. The third-order valence-electron chi connectivity index (χ3n) is 5.14. The molecule has 1 amide bonds. The molecule has 194 valence electrons. The van der Waals surface area contributed by atoms with Crippen LogP contribution in [0.3, 0.4) is 0 Å². The number of pyridine rings is 2. The van der Waals surface area contributed by atoms with Crippen LogP contribution in [0.1, 0.15) is 10.4 Å². The lowest BCUT2D eigenvalue weighted by Crippen LogP contribution is -2.22. The number of nitrogens with two attached hydrogens (primary N) is 1. The van der Waals surface area contributed by atoms with E-state index < -0.39 is 91.5 Å². The van der Waals surface area contributed by atoms with Gasteiger partial charge in [0.05, 0.1) is 0 Å². The summed E-state index contributed by atoms with van der Waals surface area (Å²) >= 11 is 0. The van der Waals surface area contributed by atoms with E-state index in [1.807, 2.05) is 0 Å². The Morgan fingerprint density at radius 1 is 0.892 bits per heavy atom. The number of hydrogen-bond acceptors (Lipinski definition) is 14. The van der Waals surface area contributed by atoms with Crippen LogP contribution in [-0.2, 0) is 0 Å². The number of carbonyl (C=O) groups excluding carboxylic acids is 1. The second kappa shape index (κ2) is 8.04. The number of aromatic hydroxyl groups is 7. The number of nitrogens with zero attached hydrogens (tertiary/aromatic N) is 3. The first kappa shape index (κ1) is 24.1. The first-order valence-corrected chi connectivity index (χ1v) is 9.71. The van der Waals surface area contributed by atoms with Gasteiger partial charge in [-0.3, -0.25) is 24.3 Å². The first-order valence-electron chi connectivity index (χ1n) is 9.71. The topological polar surface area (TPSA) is 314 Å². The second-order valence-electron chi connectivity index (χ2n) is 7.26. The maximum Gasteiger partial charge on any atom is 0.305 e. The van der Waals surface area contributed by atoms with Gasteiger partial charge < -0.3 is 57.1 Å². The van der Waals surface area contributed by atoms with Crippen LogP contribution >= 0.6 is 0 Å². The minimum absolute atomic E-state index is 0.0253. The lowest BCUT2D eigenvalue weighted by Gasteiger charge is -2.18. The Bertz CT molecular complexity index is 1810. The van der Waals surface area contributed by atoms with E-state index in [0.29, 0.717) is 0 Å². The Labute approximate surface area is 200 Å². The molecule has 0 aliphatic carbocycles. The van der Waals surface area contributed by atoms with Gasteiger partial charge in [0.1, 0.15) is 5.69 Å². The highest BCUT2D eigenvalue weighted by atomic mass is 16.3. The monoisotopic (exact) mass is 520 g/mol.